The summed E-state index contributed by atoms with van der Waals surface area (Å²) in [6.07, 6.45) is -3.18. The number of nitrogens with one attached hydrogen (secondary N) is 3. The molecule has 2 heterocycles. The van der Waals surface area contributed by atoms with E-state index in [9.17, 15) is 22.8 Å². The van der Waals surface area contributed by atoms with Crippen molar-refractivity contribution in [1.29, 1.82) is 0 Å². The smallest absolute Gasteiger partial charge is 0.376 e. The number of amides is 2. The number of hydrogen-bond acceptors (Lipinski definition) is 7. The summed E-state index contributed by atoms with van der Waals surface area (Å²) in [6.45, 7) is 3.47. The van der Waals surface area contributed by atoms with Crippen LogP contribution < -0.4 is 16.0 Å². The van der Waals surface area contributed by atoms with Crippen LogP contribution in [0, 0.1) is 0 Å². The molecule has 0 radical (unpaired) electrons. The number of nitrogens with zero attached hydrogens (tertiary/aromatic N) is 3. The molecule has 0 bridgehead atoms. The molecule has 3 rings (SSSR count). The molecule has 0 aliphatic carbocycles. The molecule has 2 amide bonds. The normalized spacial score (nSPS) is 13.6. The van der Waals surface area contributed by atoms with Crippen LogP contribution in [0.2, 0.25) is 0 Å². The van der Waals surface area contributed by atoms with Gasteiger partial charge in [-0.15, -0.1) is 5.06 Å². The fourth-order valence-electron chi connectivity index (χ4n) is 3.95. The molecule has 12 heteroatoms. The number of carbonyl (C=O) groups excluding carboxylic acids is 2. The number of rotatable bonds is 10. The standard InChI is InChI=1S/C24H31F3N6O3/c1-3-29-23(35)36-33-12-9-18-17(15-33)6-4-8-20(18)31-14-22(34)32(13-11-28-2)16-21-19(24(25,26)27)7-5-10-30-21/h4-8,10,28,31H,3,9,11-16H2,1-2H3,(H,29,35). The molecular formula is C24H31F3N6O3. The summed E-state index contributed by atoms with van der Waals surface area (Å²) >= 11 is 0. The van der Waals surface area contributed by atoms with E-state index in [2.05, 4.69) is 20.9 Å². The lowest BCUT2D eigenvalue weighted by Gasteiger charge is -2.29. The number of anilines is 1. The average Bonchev–Trinajstić information content (AvgIpc) is 2.84. The van der Waals surface area contributed by atoms with E-state index >= 15 is 0 Å². The van der Waals surface area contributed by atoms with Gasteiger partial charge in [0.15, 0.2) is 0 Å². The Morgan fingerprint density at radius 2 is 2.03 bits per heavy atom. The first-order valence-electron chi connectivity index (χ1n) is 11.7. The molecule has 0 saturated heterocycles. The lowest BCUT2D eigenvalue weighted by atomic mass is 9.99. The Labute approximate surface area is 208 Å². The topological polar surface area (TPSA) is 98.8 Å². The summed E-state index contributed by atoms with van der Waals surface area (Å²) < 4.78 is 40.2. The van der Waals surface area contributed by atoms with E-state index in [1.165, 1.54) is 17.2 Å². The summed E-state index contributed by atoms with van der Waals surface area (Å²) in [7, 11) is 1.71. The minimum absolute atomic E-state index is 0.0898. The second-order valence-corrected chi connectivity index (χ2v) is 8.23. The van der Waals surface area contributed by atoms with Gasteiger partial charge < -0.3 is 25.7 Å². The van der Waals surface area contributed by atoms with Gasteiger partial charge in [0, 0.05) is 38.1 Å². The summed E-state index contributed by atoms with van der Waals surface area (Å²) in [4.78, 5) is 35.3. The average molecular weight is 509 g/mol. The molecular weight excluding hydrogens is 477 g/mol. The van der Waals surface area contributed by atoms with Crippen LogP contribution in [0.5, 0.6) is 0 Å². The number of likely N-dealkylation sites (N-methyl/N-ethyl adjacent to an activating group) is 1. The van der Waals surface area contributed by atoms with Crippen molar-refractivity contribution in [2.24, 2.45) is 0 Å². The quantitative estimate of drug-likeness (QED) is 0.454. The predicted molar refractivity (Wildman–Crippen MR) is 128 cm³/mol. The highest BCUT2D eigenvalue weighted by Gasteiger charge is 2.34. The lowest BCUT2D eigenvalue weighted by Crippen LogP contribution is -2.40. The second kappa shape index (κ2) is 12.5. The molecule has 0 fully saturated rings. The number of aromatic nitrogens is 1. The third-order valence-corrected chi connectivity index (χ3v) is 5.71. The largest absolute Gasteiger partial charge is 0.426 e. The zero-order valence-corrected chi connectivity index (χ0v) is 20.3. The van der Waals surface area contributed by atoms with Crippen molar-refractivity contribution in [2.75, 3.05) is 45.1 Å². The molecule has 0 unspecified atom stereocenters. The van der Waals surface area contributed by atoms with Crippen molar-refractivity contribution < 1.29 is 27.6 Å². The first-order valence-corrected chi connectivity index (χ1v) is 11.7. The Morgan fingerprint density at radius 3 is 2.75 bits per heavy atom. The van der Waals surface area contributed by atoms with Crippen LogP contribution in [0.3, 0.4) is 0 Å². The fraction of sp³-hybridized carbons (Fsp3) is 0.458. The third-order valence-electron chi connectivity index (χ3n) is 5.71. The third kappa shape index (κ3) is 7.31. The Balaban J connectivity index is 1.68. The SMILES string of the molecule is CCNC(=O)ON1CCc2c(cccc2NCC(=O)N(CCNC)Cc2ncccc2C(F)(F)F)C1. The van der Waals surface area contributed by atoms with Gasteiger partial charge in [0.25, 0.3) is 0 Å². The number of fused-ring (bicyclic) bond motifs is 1. The highest BCUT2D eigenvalue weighted by Crippen LogP contribution is 2.31. The molecule has 0 atom stereocenters. The van der Waals surface area contributed by atoms with Gasteiger partial charge in [0.05, 0.1) is 30.9 Å². The van der Waals surface area contributed by atoms with Gasteiger partial charge in [-0.1, -0.05) is 12.1 Å². The van der Waals surface area contributed by atoms with Gasteiger partial charge in [-0.3, -0.25) is 9.78 Å². The highest BCUT2D eigenvalue weighted by molar-refractivity contribution is 5.81. The molecule has 196 valence electrons. The molecule has 1 aromatic carbocycles. The van der Waals surface area contributed by atoms with Crippen LogP contribution in [0.1, 0.15) is 29.3 Å². The van der Waals surface area contributed by atoms with Gasteiger partial charge in [-0.25, -0.2) is 4.79 Å². The lowest BCUT2D eigenvalue weighted by molar-refractivity contribution is -0.140. The number of hydrogen-bond donors (Lipinski definition) is 3. The van der Waals surface area contributed by atoms with Gasteiger partial charge in [-0.2, -0.15) is 13.2 Å². The summed E-state index contributed by atoms with van der Waals surface area (Å²) in [5.41, 5.74) is 1.68. The number of pyridine rings is 1. The zero-order chi connectivity index (χ0) is 26.1. The number of alkyl halides is 3. The Morgan fingerprint density at radius 1 is 1.22 bits per heavy atom. The molecule has 1 aliphatic heterocycles. The van der Waals surface area contributed by atoms with Crippen molar-refractivity contribution in [3.8, 4) is 0 Å². The minimum atomic E-state index is -4.56. The van der Waals surface area contributed by atoms with Crippen LogP contribution in [0.15, 0.2) is 36.5 Å². The molecule has 0 saturated carbocycles. The maximum absolute atomic E-state index is 13.4. The van der Waals surface area contributed by atoms with E-state index in [-0.39, 0.29) is 31.2 Å². The number of halogens is 3. The Bertz CT molecular complexity index is 1050. The second-order valence-electron chi connectivity index (χ2n) is 8.23. The fourth-order valence-corrected chi connectivity index (χ4v) is 3.95. The molecule has 0 spiro atoms. The monoisotopic (exact) mass is 508 g/mol. The van der Waals surface area contributed by atoms with Crippen molar-refractivity contribution in [3.05, 3.63) is 58.9 Å². The van der Waals surface area contributed by atoms with E-state index in [1.807, 2.05) is 18.2 Å². The van der Waals surface area contributed by atoms with Crippen LogP contribution in [-0.4, -0.2) is 66.7 Å². The van der Waals surface area contributed by atoms with Crippen molar-refractivity contribution in [2.45, 2.75) is 32.6 Å². The van der Waals surface area contributed by atoms with Crippen molar-refractivity contribution in [3.63, 3.8) is 0 Å². The first kappa shape index (κ1) is 27.2. The molecule has 3 N–H and O–H groups in total. The predicted octanol–water partition coefficient (Wildman–Crippen LogP) is 2.78. The molecule has 36 heavy (non-hydrogen) atoms. The van der Waals surface area contributed by atoms with Gasteiger partial charge in [0.1, 0.15) is 0 Å². The molecule has 9 nitrogen and oxygen atoms in total. The van der Waals surface area contributed by atoms with Crippen LogP contribution in [0.4, 0.5) is 23.7 Å². The maximum atomic E-state index is 13.4. The number of hydroxylamine groups is 2. The number of carbonyl (C=O) groups is 2. The molecule has 1 aliphatic rings. The summed E-state index contributed by atoms with van der Waals surface area (Å²) in [5.74, 6) is -0.348. The Kier molecular flexibility index (Phi) is 9.48. The maximum Gasteiger partial charge on any atom is 0.426 e. The summed E-state index contributed by atoms with van der Waals surface area (Å²) in [6, 6.07) is 7.81. The van der Waals surface area contributed by atoms with E-state index in [1.54, 1.807) is 19.0 Å². The van der Waals surface area contributed by atoms with E-state index in [0.717, 1.165) is 22.9 Å². The van der Waals surface area contributed by atoms with E-state index < -0.39 is 17.8 Å². The van der Waals surface area contributed by atoms with Crippen molar-refractivity contribution in [1.82, 2.24) is 25.6 Å². The van der Waals surface area contributed by atoms with Gasteiger partial charge >= 0.3 is 12.3 Å². The van der Waals surface area contributed by atoms with E-state index in [0.29, 0.717) is 32.6 Å². The van der Waals surface area contributed by atoms with Gasteiger partial charge in [-0.05, 0) is 49.7 Å². The van der Waals surface area contributed by atoms with Crippen LogP contribution >= 0.6 is 0 Å². The van der Waals surface area contributed by atoms with Gasteiger partial charge in [0.2, 0.25) is 5.91 Å². The first-order chi connectivity index (χ1) is 17.2. The van der Waals surface area contributed by atoms with Crippen LogP contribution in [-0.2, 0) is 35.3 Å². The zero-order valence-electron chi connectivity index (χ0n) is 20.3. The number of benzene rings is 1. The highest BCUT2D eigenvalue weighted by atomic mass is 19.4. The van der Waals surface area contributed by atoms with Crippen molar-refractivity contribution >= 4 is 17.7 Å². The van der Waals surface area contributed by atoms with Crippen LogP contribution in [0.25, 0.3) is 0 Å². The Hall–Kier alpha value is -3.38. The molecule has 1 aromatic heterocycles. The van der Waals surface area contributed by atoms with E-state index in [4.69, 9.17) is 4.84 Å². The summed E-state index contributed by atoms with van der Waals surface area (Å²) in [5, 5.41) is 10.2. The minimum Gasteiger partial charge on any atom is -0.376 e. The molecule has 2 aromatic rings.